The number of sulfone groups is 1. The molecule has 0 atom stereocenters. The third-order valence-corrected chi connectivity index (χ3v) is 5.81. The number of aromatic nitrogens is 2. The summed E-state index contributed by atoms with van der Waals surface area (Å²) in [5.74, 6) is -0.779. The zero-order valence-electron chi connectivity index (χ0n) is 13.7. The molecule has 7 nitrogen and oxygen atoms in total. The van der Waals surface area contributed by atoms with Crippen molar-refractivity contribution in [2.45, 2.75) is 4.90 Å². The maximum absolute atomic E-state index is 12.3. The second kappa shape index (κ2) is 7.63. The third-order valence-electron chi connectivity index (χ3n) is 3.42. The smallest absolute Gasteiger partial charge is 0.241 e. The first kappa shape index (κ1) is 18.0. The van der Waals surface area contributed by atoms with Crippen LogP contribution in [0.2, 0.25) is 0 Å². The van der Waals surface area contributed by atoms with Crippen LogP contribution in [0.15, 0.2) is 58.9 Å². The average Bonchev–Trinajstić information content (AvgIpc) is 3.10. The number of hydrogen-bond donors (Lipinski definition) is 1. The number of ether oxygens (including phenoxy) is 1. The summed E-state index contributed by atoms with van der Waals surface area (Å²) in [6.45, 7) is 0. The minimum atomic E-state index is -3.75. The molecule has 0 saturated carbocycles. The van der Waals surface area contributed by atoms with Gasteiger partial charge in [-0.15, -0.1) is 11.3 Å². The Morgan fingerprint density at radius 3 is 2.58 bits per heavy atom. The van der Waals surface area contributed by atoms with E-state index in [4.69, 9.17) is 4.74 Å². The maximum Gasteiger partial charge on any atom is 0.241 e. The lowest BCUT2D eigenvalue weighted by Gasteiger charge is -2.05. The SMILES string of the molecule is COc1ccc(S(=O)(=O)CC(=O)Nc2nc(-c3ccccn3)cs2)cc1. The quantitative estimate of drug-likeness (QED) is 0.696. The van der Waals surface area contributed by atoms with Crippen molar-refractivity contribution < 1.29 is 17.9 Å². The fourth-order valence-electron chi connectivity index (χ4n) is 2.16. The summed E-state index contributed by atoms with van der Waals surface area (Å²) in [5, 5.41) is 4.58. The second-order valence-corrected chi connectivity index (χ2v) is 8.08. The van der Waals surface area contributed by atoms with Crippen LogP contribution in [0.4, 0.5) is 5.13 Å². The van der Waals surface area contributed by atoms with Crippen molar-refractivity contribution in [3.05, 3.63) is 54.0 Å². The van der Waals surface area contributed by atoms with Gasteiger partial charge in [0.25, 0.3) is 0 Å². The summed E-state index contributed by atoms with van der Waals surface area (Å²) < 4.78 is 29.7. The lowest BCUT2D eigenvalue weighted by molar-refractivity contribution is -0.113. The van der Waals surface area contributed by atoms with Crippen molar-refractivity contribution >= 4 is 32.2 Å². The number of thiazole rings is 1. The first-order chi connectivity index (χ1) is 12.5. The van der Waals surface area contributed by atoms with E-state index in [2.05, 4.69) is 15.3 Å². The van der Waals surface area contributed by atoms with E-state index < -0.39 is 21.5 Å². The highest BCUT2D eigenvalue weighted by molar-refractivity contribution is 7.92. The fraction of sp³-hybridized carbons (Fsp3) is 0.118. The number of carbonyl (C=O) groups is 1. The molecule has 0 aliphatic carbocycles. The van der Waals surface area contributed by atoms with E-state index in [9.17, 15) is 13.2 Å². The molecule has 1 amide bonds. The summed E-state index contributed by atoms with van der Waals surface area (Å²) in [6, 6.07) is 11.3. The number of anilines is 1. The van der Waals surface area contributed by atoms with Gasteiger partial charge in [-0.25, -0.2) is 13.4 Å². The molecule has 1 N–H and O–H groups in total. The molecule has 0 aliphatic heterocycles. The molecule has 26 heavy (non-hydrogen) atoms. The highest BCUT2D eigenvalue weighted by Gasteiger charge is 2.20. The van der Waals surface area contributed by atoms with Crippen LogP contribution in [0.25, 0.3) is 11.4 Å². The van der Waals surface area contributed by atoms with Gasteiger partial charge in [-0.1, -0.05) is 6.07 Å². The molecule has 2 aromatic heterocycles. The highest BCUT2D eigenvalue weighted by atomic mass is 32.2. The highest BCUT2D eigenvalue weighted by Crippen LogP contribution is 2.23. The molecule has 1 aromatic carbocycles. The van der Waals surface area contributed by atoms with Gasteiger partial charge in [0.05, 0.1) is 17.7 Å². The van der Waals surface area contributed by atoms with Gasteiger partial charge >= 0.3 is 0 Å². The van der Waals surface area contributed by atoms with E-state index in [0.717, 1.165) is 0 Å². The largest absolute Gasteiger partial charge is 0.497 e. The average molecular weight is 389 g/mol. The molecule has 134 valence electrons. The van der Waals surface area contributed by atoms with Crippen LogP contribution in [0.3, 0.4) is 0 Å². The van der Waals surface area contributed by atoms with Crippen molar-refractivity contribution in [2.75, 3.05) is 18.2 Å². The van der Waals surface area contributed by atoms with E-state index in [-0.39, 0.29) is 4.90 Å². The summed E-state index contributed by atoms with van der Waals surface area (Å²) in [5.41, 5.74) is 1.29. The lowest BCUT2D eigenvalue weighted by Crippen LogP contribution is -2.22. The molecule has 9 heteroatoms. The Morgan fingerprint density at radius 1 is 1.15 bits per heavy atom. The molecular formula is C17H15N3O4S2. The van der Waals surface area contributed by atoms with Gasteiger partial charge in [0.2, 0.25) is 5.91 Å². The topological polar surface area (TPSA) is 98.2 Å². The number of nitrogens with zero attached hydrogens (tertiary/aromatic N) is 2. The number of methoxy groups -OCH3 is 1. The van der Waals surface area contributed by atoms with Gasteiger partial charge in [0, 0.05) is 11.6 Å². The standard InChI is InChI=1S/C17H15N3O4S2/c1-24-12-5-7-13(8-6-12)26(22,23)11-16(21)20-17-19-15(10-25-17)14-4-2-3-9-18-14/h2-10H,11H2,1H3,(H,19,20,21). The van der Waals surface area contributed by atoms with Gasteiger partial charge in [-0.3, -0.25) is 9.78 Å². The number of nitrogens with one attached hydrogen (secondary N) is 1. The summed E-state index contributed by atoms with van der Waals surface area (Å²) in [7, 11) is -2.26. The molecule has 0 radical (unpaired) electrons. The van der Waals surface area contributed by atoms with Crippen LogP contribution in [-0.2, 0) is 14.6 Å². The molecule has 0 saturated heterocycles. The van der Waals surface area contributed by atoms with Gasteiger partial charge in [0.1, 0.15) is 17.2 Å². The van der Waals surface area contributed by atoms with E-state index in [1.165, 1.54) is 42.7 Å². The normalized spacial score (nSPS) is 11.1. The molecule has 0 unspecified atom stereocenters. The first-order valence-electron chi connectivity index (χ1n) is 7.51. The Kier molecular flexibility index (Phi) is 5.29. The van der Waals surface area contributed by atoms with Gasteiger partial charge in [-0.05, 0) is 36.4 Å². The van der Waals surface area contributed by atoms with Crippen molar-refractivity contribution in [1.82, 2.24) is 9.97 Å². The first-order valence-corrected chi connectivity index (χ1v) is 10.0. The van der Waals surface area contributed by atoms with Crippen LogP contribution < -0.4 is 10.1 Å². The molecule has 0 aliphatic rings. The predicted octanol–water partition coefficient (Wildman–Crippen LogP) is 2.63. The molecule has 0 spiro atoms. The minimum Gasteiger partial charge on any atom is -0.497 e. The Bertz CT molecular complexity index is 1000. The van der Waals surface area contributed by atoms with Crippen molar-refractivity contribution in [3.63, 3.8) is 0 Å². The number of pyridine rings is 1. The number of hydrogen-bond acceptors (Lipinski definition) is 7. The third kappa shape index (κ3) is 4.24. The van der Waals surface area contributed by atoms with E-state index in [1.807, 2.05) is 6.07 Å². The second-order valence-electron chi connectivity index (χ2n) is 5.24. The Hall–Kier alpha value is -2.78. The van der Waals surface area contributed by atoms with Gasteiger partial charge in [0.15, 0.2) is 15.0 Å². The molecule has 0 bridgehead atoms. The zero-order valence-corrected chi connectivity index (χ0v) is 15.4. The molecule has 3 aromatic rings. The monoisotopic (exact) mass is 389 g/mol. The Labute approximate surface area is 154 Å². The predicted molar refractivity (Wildman–Crippen MR) is 99.0 cm³/mol. The van der Waals surface area contributed by atoms with Crippen LogP contribution in [0.5, 0.6) is 5.75 Å². The van der Waals surface area contributed by atoms with Crippen molar-refractivity contribution in [3.8, 4) is 17.1 Å². The number of amides is 1. The number of carbonyl (C=O) groups excluding carboxylic acids is 1. The lowest BCUT2D eigenvalue weighted by atomic mass is 10.3. The minimum absolute atomic E-state index is 0.0572. The number of benzene rings is 1. The van der Waals surface area contributed by atoms with Crippen LogP contribution in [0.1, 0.15) is 0 Å². The van der Waals surface area contributed by atoms with E-state index in [1.54, 1.807) is 23.7 Å². The summed E-state index contributed by atoms with van der Waals surface area (Å²) in [6.07, 6.45) is 1.65. The van der Waals surface area contributed by atoms with Gasteiger partial charge in [-0.2, -0.15) is 0 Å². The van der Waals surface area contributed by atoms with Crippen LogP contribution in [-0.4, -0.2) is 37.2 Å². The zero-order chi connectivity index (χ0) is 18.6. The Balaban J connectivity index is 1.67. The fourth-order valence-corrected chi connectivity index (χ4v) is 4.01. The summed E-state index contributed by atoms with van der Waals surface area (Å²) >= 11 is 1.21. The van der Waals surface area contributed by atoms with Gasteiger partial charge < -0.3 is 10.1 Å². The molecular weight excluding hydrogens is 374 g/mol. The number of rotatable bonds is 6. The van der Waals surface area contributed by atoms with E-state index >= 15 is 0 Å². The van der Waals surface area contributed by atoms with Crippen molar-refractivity contribution in [2.24, 2.45) is 0 Å². The Morgan fingerprint density at radius 2 is 1.92 bits per heavy atom. The molecule has 3 rings (SSSR count). The van der Waals surface area contributed by atoms with Crippen molar-refractivity contribution in [1.29, 1.82) is 0 Å². The maximum atomic E-state index is 12.3. The summed E-state index contributed by atoms with van der Waals surface area (Å²) in [4.78, 5) is 20.6. The van der Waals surface area contributed by atoms with Crippen LogP contribution >= 0.6 is 11.3 Å². The molecule has 2 heterocycles. The van der Waals surface area contributed by atoms with E-state index in [0.29, 0.717) is 22.3 Å². The molecule has 0 fully saturated rings. The van der Waals surface area contributed by atoms with Crippen LogP contribution in [0, 0.1) is 0 Å².